The Balaban J connectivity index is 2.86. The third kappa shape index (κ3) is 3.20. The van der Waals surface area contributed by atoms with E-state index in [1.165, 1.54) is 18.3 Å². The first-order valence-corrected chi connectivity index (χ1v) is 5.57. The first kappa shape index (κ1) is 12.4. The molecule has 0 aliphatic heterocycles. The first-order valence-electron chi connectivity index (χ1n) is 4.69. The number of carbonyl (C=O) groups is 2. The summed E-state index contributed by atoms with van der Waals surface area (Å²) in [6.45, 7) is 3.26. The average molecular weight is 243 g/mol. The number of esters is 1. The average Bonchev–Trinajstić information content (AvgIpc) is 2.61. The second-order valence-corrected chi connectivity index (χ2v) is 3.89. The number of hydrogen-bond donors (Lipinski definition) is 2. The van der Waals surface area contributed by atoms with Crippen molar-refractivity contribution < 1.29 is 14.3 Å². The standard InChI is InChI=1S/C9H13N3O3S/c1-3-15-8(14)7(11-5(2)13)6-4-16-9(10)12-6/h4,7H,3H2,1-2H3,(H2,10,12)(H,11,13). The van der Waals surface area contributed by atoms with Crippen molar-refractivity contribution in [3.05, 3.63) is 11.1 Å². The fraction of sp³-hybridized carbons (Fsp3) is 0.444. The minimum atomic E-state index is -0.883. The summed E-state index contributed by atoms with van der Waals surface area (Å²) in [6.07, 6.45) is 0. The molecule has 0 aliphatic carbocycles. The predicted molar refractivity (Wildman–Crippen MR) is 59.7 cm³/mol. The van der Waals surface area contributed by atoms with E-state index in [0.717, 1.165) is 0 Å². The Morgan fingerprint density at radius 1 is 1.69 bits per heavy atom. The summed E-state index contributed by atoms with van der Waals surface area (Å²) in [5.41, 5.74) is 5.86. The van der Waals surface area contributed by atoms with E-state index < -0.39 is 12.0 Å². The summed E-state index contributed by atoms with van der Waals surface area (Å²) in [5.74, 6) is -0.868. The molecule has 0 radical (unpaired) electrons. The van der Waals surface area contributed by atoms with Crippen LogP contribution in [0.15, 0.2) is 5.38 Å². The van der Waals surface area contributed by atoms with Crippen molar-refractivity contribution in [3.8, 4) is 0 Å². The lowest BCUT2D eigenvalue weighted by atomic mass is 10.2. The fourth-order valence-corrected chi connectivity index (χ4v) is 1.70. The van der Waals surface area contributed by atoms with Crippen molar-refractivity contribution >= 4 is 28.3 Å². The van der Waals surface area contributed by atoms with Gasteiger partial charge < -0.3 is 15.8 Å². The van der Waals surface area contributed by atoms with E-state index in [1.807, 2.05) is 0 Å². The van der Waals surface area contributed by atoms with Crippen molar-refractivity contribution in [1.29, 1.82) is 0 Å². The van der Waals surface area contributed by atoms with Crippen LogP contribution in [0.4, 0.5) is 5.13 Å². The van der Waals surface area contributed by atoms with Crippen molar-refractivity contribution in [2.75, 3.05) is 12.3 Å². The van der Waals surface area contributed by atoms with Crippen LogP contribution in [0, 0.1) is 0 Å². The van der Waals surface area contributed by atoms with Crippen LogP contribution in [0.2, 0.25) is 0 Å². The van der Waals surface area contributed by atoms with Gasteiger partial charge in [0.25, 0.3) is 0 Å². The van der Waals surface area contributed by atoms with Gasteiger partial charge in [0, 0.05) is 12.3 Å². The number of nitrogens with two attached hydrogens (primary N) is 1. The molecule has 0 saturated heterocycles. The van der Waals surface area contributed by atoms with Crippen LogP contribution >= 0.6 is 11.3 Å². The molecule has 88 valence electrons. The molecule has 0 aromatic carbocycles. The zero-order valence-corrected chi connectivity index (χ0v) is 9.84. The molecule has 0 fully saturated rings. The molecule has 0 spiro atoms. The van der Waals surface area contributed by atoms with Gasteiger partial charge in [0.05, 0.1) is 12.3 Å². The second kappa shape index (κ2) is 5.45. The van der Waals surface area contributed by atoms with Crippen LogP contribution in [0.25, 0.3) is 0 Å². The third-order valence-electron chi connectivity index (χ3n) is 1.71. The molecule has 0 aliphatic rings. The maximum absolute atomic E-state index is 11.6. The highest BCUT2D eigenvalue weighted by Crippen LogP contribution is 2.19. The summed E-state index contributed by atoms with van der Waals surface area (Å²) >= 11 is 1.20. The van der Waals surface area contributed by atoms with Gasteiger partial charge in [0.2, 0.25) is 5.91 Å². The molecule has 1 aromatic heterocycles. The highest BCUT2D eigenvalue weighted by Gasteiger charge is 2.25. The number of nitrogens with one attached hydrogen (secondary N) is 1. The topological polar surface area (TPSA) is 94.3 Å². The number of ether oxygens (including phenoxy) is 1. The highest BCUT2D eigenvalue weighted by atomic mass is 32.1. The number of nitrogens with zero attached hydrogens (tertiary/aromatic N) is 1. The molecule has 7 heteroatoms. The number of anilines is 1. The van der Waals surface area contributed by atoms with E-state index in [9.17, 15) is 9.59 Å². The SMILES string of the molecule is CCOC(=O)C(NC(C)=O)c1csc(N)n1. The van der Waals surface area contributed by atoms with Crippen molar-refractivity contribution in [2.24, 2.45) is 0 Å². The number of rotatable bonds is 4. The monoisotopic (exact) mass is 243 g/mol. The molecule has 0 bridgehead atoms. The number of hydrogen-bond acceptors (Lipinski definition) is 6. The number of carbonyl (C=O) groups excluding carboxylic acids is 2. The third-order valence-corrected chi connectivity index (χ3v) is 2.40. The Kier molecular flexibility index (Phi) is 4.24. The minimum Gasteiger partial charge on any atom is -0.464 e. The summed E-state index contributed by atoms with van der Waals surface area (Å²) in [5, 5.41) is 4.43. The van der Waals surface area contributed by atoms with E-state index in [-0.39, 0.29) is 12.5 Å². The summed E-state index contributed by atoms with van der Waals surface area (Å²) in [6, 6.07) is -0.883. The van der Waals surface area contributed by atoms with E-state index in [1.54, 1.807) is 12.3 Å². The maximum atomic E-state index is 11.6. The zero-order chi connectivity index (χ0) is 12.1. The van der Waals surface area contributed by atoms with Gasteiger partial charge in [-0.25, -0.2) is 9.78 Å². The Morgan fingerprint density at radius 2 is 2.38 bits per heavy atom. The Labute approximate surface area is 96.8 Å². The quantitative estimate of drug-likeness (QED) is 0.749. The van der Waals surface area contributed by atoms with Gasteiger partial charge >= 0.3 is 5.97 Å². The molecule has 6 nitrogen and oxygen atoms in total. The fourth-order valence-electron chi connectivity index (χ4n) is 1.12. The summed E-state index contributed by atoms with van der Waals surface area (Å²) < 4.78 is 4.84. The van der Waals surface area contributed by atoms with Crippen LogP contribution in [0.3, 0.4) is 0 Å². The number of amides is 1. The second-order valence-electron chi connectivity index (χ2n) is 3.00. The predicted octanol–water partition coefficient (Wildman–Crippen LogP) is 0.466. The van der Waals surface area contributed by atoms with Crippen LogP contribution < -0.4 is 11.1 Å². The molecule has 1 rings (SSSR count). The summed E-state index contributed by atoms with van der Waals surface area (Å²) in [7, 11) is 0. The van der Waals surface area contributed by atoms with E-state index in [2.05, 4.69) is 10.3 Å². The Bertz CT molecular complexity index is 391. The van der Waals surface area contributed by atoms with Crippen molar-refractivity contribution in [2.45, 2.75) is 19.9 Å². The van der Waals surface area contributed by atoms with E-state index >= 15 is 0 Å². The number of aromatic nitrogens is 1. The van der Waals surface area contributed by atoms with Crippen LogP contribution in [-0.2, 0) is 14.3 Å². The van der Waals surface area contributed by atoms with E-state index in [0.29, 0.717) is 10.8 Å². The smallest absolute Gasteiger partial charge is 0.335 e. The highest BCUT2D eigenvalue weighted by molar-refractivity contribution is 7.13. The zero-order valence-electron chi connectivity index (χ0n) is 9.02. The lowest BCUT2D eigenvalue weighted by Crippen LogP contribution is -2.33. The van der Waals surface area contributed by atoms with Crippen molar-refractivity contribution in [3.63, 3.8) is 0 Å². The lowest BCUT2D eigenvalue weighted by Gasteiger charge is -2.13. The number of thiazole rings is 1. The summed E-state index contributed by atoms with van der Waals surface area (Å²) in [4.78, 5) is 26.5. The normalized spacial score (nSPS) is 11.9. The molecule has 3 N–H and O–H groups in total. The molecule has 1 amide bonds. The Hall–Kier alpha value is -1.63. The van der Waals surface area contributed by atoms with Gasteiger partial charge in [-0.15, -0.1) is 11.3 Å². The van der Waals surface area contributed by atoms with Crippen LogP contribution in [0.5, 0.6) is 0 Å². The largest absolute Gasteiger partial charge is 0.464 e. The van der Waals surface area contributed by atoms with Crippen LogP contribution in [-0.4, -0.2) is 23.5 Å². The van der Waals surface area contributed by atoms with Crippen LogP contribution in [0.1, 0.15) is 25.6 Å². The molecule has 1 unspecified atom stereocenters. The van der Waals surface area contributed by atoms with Gasteiger partial charge in [-0.1, -0.05) is 0 Å². The number of nitrogen functional groups attached to an aromatic ring is 1. The van der Waals surface area contributed by atoms with Gasteiger partial charge in [-0.3, -0.25) is 4.79 Å². The van der Waals surface area contributed by atoms with Gasteiger partial charge in [0.1, 0.15) is 0 Å². The first-order chi connectivity index (χ1) is 7.54. The minimum absolute atomic E-state index is 0.245. The molecule has 16 heavy (non-hydrogen) atoms. The Morgan fingerprint density at radius 3 is 2.81 bits per heavy atom. The molecular formula is C9H13N3O3S. The van der Waals surface area contributed by atoms with Gasteiger partial charge in [-0.05, 0) is 6.92 Å². The molecule has 1 heterocycles. The van der Waals surface area contributed by atoms with Crippen molar-refractivity contribution in [1.82, 2.24) is 10.3 Å². The van der Waals surface area contributed by atoms with Gasteiger partial charge in [-0.2, -0.15) is 0 Å². The molecule has 1 atom stereocenters. The van der Waals surface area contributed by atoms with Gasteiger partial charge in [0.15, 0.2) is 11.2 Å². The molecule has 1 aromatic rings. The molecule has 0 saturated carbocycles. The van der Waals surface area contributed by atoms with E-state index in [4.69, 9.17) is 10.5 Å². The lowest BCUT2D eigenvalue weighted by molar-refractivity contribution is -0.147. The maximum Gasteiger partial charge on any atom is 0.335 e. The molecular weight excluding hydrogens is 230 g/mol.